The third-order valence-corrected chi connectivity index (χ3v) is 2.87. The van der Waals surface area contributed by atoms with E-state index in [1.807, 2.05) is 6.92 Å². The van der Waals surface area contributed by atoms with Crippen molar-refractivity contribution in [1.82, 2.24) is 9.80 Å². The normalized spacial score (nSPS) is 19.6. The van der Waals surface area contributed by atoms with E-state index in [4.69, 9.17) is 10.5 Å². The van der Waals surface area contributed by atoms with Gasteiger partial charge < -0.3 is 15.4 Å². The lowest BCUT2D eigenvalue weighted by molar-refractivity contribution is 0.0763. The minimum absolute atomic E-state index is 0.186. The fourth-order valence-corrected chi connectivity index (χ4v) is 1.84. The molecule has 1 heterocycles. The van der Waals surface area contributed by atoms with Gasteiger partial charge in [-0.3, -0.25) is 4.90 Å². The maximum absolute atomic E-state index is 11.4. The molecule has 5 nitrogen and oxygen atoms in total. The molecule has 1 fully saturated rings. The van der Waals surface area contributed by atoms with Crippen LogP contribution in [0, 0.1) is 5.92 Å². The highest BCUT2D eigenvalue weighted by Gasteiger charge is 2.22. The Balaban J connectivity index is 2.25. The number of carbonyl (C=O) groups is 1. The van der Waals surface area contributed by atoms with Crippen LogP contribution in [0.15, 0.2) is 0 Å². The second-order valence-electron chi connectivity index (χ2n) is 4.33. The molecule has 0 aromatic rings. The van der Waals surface area contributed by atoms with Crippen molar-refractivity contribution < 1.29 is 9.53 Å². The molecule has 1 aliphatic heterocycles. The van der Waals surface area contributed by atoms with Crippen molar-refractivity contribution in [3.8, 4) is 0 Å². The average Bonchev–Trinajstić information content (AvgIpc) is 2.30. The van der Waals surface area contributed by atoms with E-state index < -0.39 is 0 Å². The number of nitrogens with two attached hydrogens (primary N) is 1. The van der Waals surface area contributed by atoms with Crippen molar-refractivity contribution in [2.45, 2.75) is 13.8 Å². The Hall–Kier alpha value is -0.810. The Kier molecular flexibility index (Phi) is 5.55. The van der Waals surface area contributed by atoms with Crippen LogP contribution in [0.5, 0.6) is 0 Å². The lowest BCUT2D eigenvalue weighted by Crippen LogP contribution is -2.50. The second kappa shape index (κ2) is 6.70. The molecule has 0 aromatic heterocycles. The summed E-state index contributed by atoms with van der Waals surface area (Å²) in [4.78, 5) is 15.6. The van der Waals surface area contributed by atoms with Crippen molar-refractivity contribution in [2.75, 3.05) is 45.9 Å². The van der Waals surface area contributed by atoms with E-state index in [0.717, 1.165) is 39.3 Å². The number of hydrogen-bond donors (Lipinski definition) is 1. The highest BCUT2D eigenvalue weighted by atomic mass is 16.6. The minimum atomic E-state index is -0.186. The Labute approximate surface area is 97.5 Å². The Morgan fingerprint density at radius 3 is 2.50 bits per heavy atom. The maximum atomic E-state index is 11.4. The third kappa shape index (κ3) is 3.98. The van der Waals surface area contributed by atoms with Crippen LogP contribution in [-0.2, 0) is 4.74 Å². The monoisotopic (exact) mass is 229 g/mol. The third-order valence-electron chi connectivity index (χ3n) is 2.87. The highest BCUT2D eigenvalue weighted by molar-refractivity contribution is 5.67. The van der Waals surface area contributed by atoms with Gasteiger partial charge in [0.05, 0.1) is 6.61 Å². The first kappa shape index (κ1) is 13.3. The quantitative estimate of drug-likeness (QED) is 0.756. The van der Waals surface area contributed by atoms with Gasteiger partial charge in [-0.1, -0.05) is 6.92 Å². The summed E-state index contributed by atoms with van der Waals surface area (Å²) in [5, 5.41) is 0. The molecule has 1 aliphatic rings. The van der Waals surface area contributed by atoms with Gasteiger partial charge in [-0.25, -0.2) is 4.79 Å². The number of nitrogens with zero attached hydrogens (tertiary/aromatic N) is 2. The predicted molar refractivity (Wildman–Crippen MR) is 63.3 cm³/mol. The molecule has 0 aliphatic carbocycles. The summed E-state index contributed by atoms with van der Waals surface area (Å²) < 4.78 is 4.97. The second-order valence-corrected chi connectivity index (χ2v) is 4.33. The van der Waals surface area contributed by atoms with E-state index in [1.165, 1.54) is 0 Å². The van der Waals surface area contributed by atoms with Gasteiger partial charge >= 0.3 is 6.09 Å². The van der Waals surface area contributed by atoms with Crippen LogP contribution < -0.4 is 5.73 Å². The number of carbonyl (C=O) groups excluding carboxylic acids is 1. The van der Waals surface area contributed by atoms with E-state index in [9.17, 15) is 4.79 Å². The van der Waals surface area contributed by atoms with Crippen LogP contribution in [0.1, 0.15) is 13.8 Å². The van der Waals surface area contributed by atoms with E-state index in [1.54, 1.807) is 4.90 Å². The number of ether oxygens (including phenoxy) is 1. The summed E-state index contributed by atoms with van der Waals surface area (Å²) in [7, 11) is 0. The van der Waals surface area contributed by atoms with Gasteiger partial charge in [-0.05, 0) is 19.4 Å². The van der Waals surface area contributed by atoms with Gasteiger partial charge in [0.15, 0.2) is 0 Å². The molecule has 1 amide bonds. The molecular formula is C11H23N3O2. The van der Waals surface area contributed by atoms with E-state index in [2.05, 4.69) is 11.8 Å². The summed E-state index contributed by atoms with van der Waals surface area (Å²) in [5.74, 6) is 0.522. The fourth-order valence-electron chi connectivity index (χ4n) is 1.84. The van der Waals surface area contributed by atoms with Crippen molar-refractivity contribution >= 4 is 6.09 Å². The smallest absolute Gasteiger partial charge is 0.409 e. The van der Waals surface area contributed by atoms with Gasteiger partial charge in [0.1, 0.15) is 0 Å². The Bertz CT molecular complexity index is 215. The summed E-state index contributed by atoms with van der Waals surface area (Å²) in [6.45, 7) is 9.53. The molecule has 1 rings (SSSR count). The number of hydrogen-bond acceptors (Lipinski definition) is 4. The number of amides is 1. The van der Waals surface area contributed by atoms with Crippen molar-refractivity contribution in [1.29, 1.82) is 0 Å². The topological polar surface area (TPSA) is 58.8 Å². The summed E-state index contributed by atoms with van der Waals surface area (Å²) in [5.41, 5.74) is 5.59. The predicted octanol–water partition coefficient (Wildman–Crippen LogP) is 0.355. The zero-order valence-electron chi connectivity index (χ0n) is 10.3. The molecule has 0 saturated carbocycles. The number of piperazine rings is 1. The Morgan fingerprint density at radius 1 is 1.38 bits per heavy atom. The van der Waals surface area contributed by atoms with E-state index in [0.29, 0.717) is 12.5 Å². The van der Waals surface area contributed by atoms with Crippen molar-refractivity contribution in [3.05, 3.63) is 0 Å². The molecule has 0 spiro atoms. The van der Waals surface area contributed by atoms with E-state index in [-0.39, 0.29) is 6.09 Å². The SMILES string of the molecule is CCOC(=O)N1CCN(CC(C)CN)CC1. The van der Waals surface area contributed by atoms with Gasteiger partial charge in [0.25, 0.3) is 0 Å². The van der Waals surface area contributed by atoms with Gasteiger partial charge in [-0.15, -0.1) is 0 Å². The Morgan fingerprint density at radius 2 is 2.00 bits per heavy atom. The molecule has 5 heteroatoms. The van der Waals surface area contributed by atoms with Gasteiger partial charge in [0.2, 0.25) is 0 Å². The number of rotatable bonds is 4. The zero-order valence-corrected chi connectivity index (χ0v) is 10.3. The molecule has 2 N–H and O–H groups in total. The first-order chi connectivity index (χ1) is 7.67. The van der Waals surface area contributed by atoms with Gasteiger partial charge in [-0.2, -0.15) is 0 Å². The van der Waals surface area contributed by atoms with Crippen LogP contribution in [0.2, 0.25) is 0 Å². The fraction of sp³-hybridized carbons (Fsp3) is 0.909. The van der Waals surface area contributed by atoms with Crippen LogP contribution in [-0.4, -0.2) is 61.8 Å². The maximum Gasteiger partial charge on any atom is 0.409 e. The molecule has 0 aromatic carbocycles. The lowest BCUT2D eigenvalue weighted by Gasteiger charge is -2.35. The summed E-state index contributed by atoms with van der Waals surface area (Å²) in [6, 6.07) is 0. The zero-order chi connectivity index (χ0) is 12.0. The molecule has 16 heavy (non-hydrogen) atoms. The summed E-state index contributed by atoms with van der Waals surface area (Å²) in [6.07, 6.45) is -0.186. The molecule has 1 atom stereocenters. The first-order valence-corrected chi connectivity index (χ1v) is 6.01. The van der Waals surface area contributed by atoms with Crippen molar-refractivity contribution in [2.24, 2.45) is 11.7 Å². The van der Waals surface area contributed by atoms with Gasteiger partial charge in [0, 0.05) is 32.7 Å². The van der Waals surface area contributed by atoms with Crippen LogP contribution in [0.25, 0.3) is 0 Å². The van der Waals surface area contributed by atoms with Crippen molar-refractivity contribution in [3.63, 3.8) is 0 Å². The average molecular weight is 229 g/mol. The molecule has 0 radical (unpaired) electrons. The molecule has 1 unspecified atom stereocenters. The molecule has 0 bridgehead atoms. The largest absolute Gasteiger partial charge is 0.450 e. The summed E-state index contributed by atoms with van der Waals surface area (Å²) >= 11 is 0. The standard InChI is InChI=1S/C11H23N3O2/c1-3-16-11(15)14-6-4-13(5-7-14)9-10(2)8-12/h10H,3-9,12H2,1-2H3. The molecule has 94 valence electrons. The molecular weight excluding hydrogens is 206 g/mol. The minimum Gasteiger partial charge on any atom is -0.450 e. The van der Waals surface area contributed by atoms with Crippen LogP contribution in [0.4, 0.5) is 4.79 Å². The van der Waals surface area contributed by atoms with E-state index >= 15 is 0 Å². The molecule has 1 saturated heterocycles. The lowest BCUT2D eigenvalue weighted by atomic mass is 10.1. The first-order valence-electron chi connectivity index (χ1n) is 6.01. The van der Waals surface area contributed by atoms with Crippen LogP contribution >= 0.6 is 0 Å². The van der Waals surface area contributed by atoms with Crippen LogP contribution in [0.3, 0.4) is 0 Å². The highest BCUT2D eigenvalue weighted by Crippen LogP contribution is 2.06.